The van der Waals surface area contributed by atoms with Gasteiger partial charge in [-0.2, -0.15) is 5.10 Å². The molecular formula is C13H24N4. The van der Waals surface area contributed by atoms with Crippen LogP contribution in [0.3, 0.4) is 0 Å². The summed E-state index contributed by atoms with van der Waals surface area (Å²) in [5, 5.41) is 12.1. The van der Waals surface area contributed by atoms with Gasteiger partial charge in [0.15, 0.2) is 0 Å². The van der Waals surface area contributed by atoms with Gasteiger partial charge in [-0.15, -0.1) is 0 Å². The standard InChI is InChI=1S/C13H24N4/c1-5-10-9-11(6-2)17(16-10)8-7-13(3,4)12(14)15/h9H,5-8H2,1-4H3,(H3,14,15). The van der Waals surface area contributed by atoms with Crippen LogP contribution in [-0.4, -0.2) is 15.6 Å². The van der Waals surface area contributed by atoms with Crippen LogP contribution in [0.15, 0.2) is 6.07 Å². The highest BCUT2D eigenvalue weighted by Gasteiger charge is 2.21. The van der Waals surface area contributed by atoms with E-state index in [1.807, 2.05) is 13.8 Å². The number of hydrogen-bond acceptors (Lipinski definition) is 2. The molecule has 0 amide bonds. The number of aryl methyl sites for hydroxylation is 3. The van der Waals surface area contributed by atoms with Gasteiger partial charge >= 0.3 is 0 Å². The maximum atomic E-state index is 7.55. The fourth-order valence-corrected chi connectivity index (χ4v) is 1.69. The van der Waals surface area contributed by atoms with Gasteiger partial charge in [-0.3, -0.25) is 10.1 Å². The Balaban J connectivity index is 2.75. The van der Waals surface area contributed by atoms with Crippen molar-refractivity contribution in [2.45, 2.75) is 53.5 Å². The summed E-state index contributed by atoms with van der Waals surface area (Å²) in [5.41, 5.74) is 7.75. The molecule has 0 aliphatic heterocycles. The molecule has 0 saturated heterocycles. The maximum absolute atomic E-state index is 7.55. The van der Waals surface area contributed by atoms with E-state index in [2.05, 4.69) is 29.7 Å². The van der Waals surface area contributed by atoms with Crippen LogP contribution in [0.2, 0.25) is 0 Å². The van der Waals surface area contributed by atoms with E-state index in [1.54, 1.807) is 0 Å². The second-order valence-electron chi connectivity index (χ2n) is 5.10. The van der Waals surface area contributed by atoms with Gasteiger partial charge in [-0.05, 0) is 25.3 Å². The summed E-state index contributed by atoms with van der Waals surface area (Å²) in [6.07, 6.45) is 2.81. The number of nitrogens with one attached hydrogen (secondary N) is 1. The summed E-state index contributed by atoms with van der Waals surface area (Å²) < 4.78 is 2.06. The van der Waals surface area contributed by atoms with Crippen LogP contribution < -0.4 is 5.73 Å². The van der Waals surface area contributed by atoms with E-state index in [-0.39, 0.29) is 11.3 Å². The van der Waals surface area contributed by atoms with Crippen LogP contribution in [0.5, 0.6) is 0 Å². The van der Waals surface area contributed by atoms with Gasteiger partial charge in [0.25, 0.3) is 0 Å². The zero-order chi connectivity index (χ0) is 13.1. The van der Waals surface area contributed by atoms with Crippen molar-refractivity contribution in [2.75, 3.05) is 0 Å². The summed E-state index contributed by atoms with van der Waals surface area (Å²) in [6.45, 7) is 9.10. The Labute approximate surface area is 104 Å². The molecule has 1 heterocycles. The second kappa shape index (κ2) is 5.34. The summed E-state index contributed by atoms with van der Waals surface area (Å²) in [5.74, 6) is 0.249. The fraction of sp³-hybridized carbons (Fsp3) is 0.692. The molecule has 0 saturated carbocycles. The highest BCUT2D eigenvalue weighted by Crippen LogP contribution is 2.21. The molecule has 0 atom stereocenters. The van der Waals surface area contributed by atoms with E-state index >= 15 is 0 Å². The van der Waals surface area contributed by atoms with E-state index in [4.69, 9.17) is 11.1 Å². The Morgan fingerprint density at radius 1 is 1.41 bits per heavy atom. The average Bonchev–Trinajstić information content (AvgIpc) is 2.68. The summed E-state index contributed by atoms with van der Waals surface area (Å²) in [7, 11) is 0. The topological polar surface area (TPSA) is 67.7 Å². The van der Waals surface area contributed by atoms with Crippen molar-refractivity contribution in [3.8, 4) is 0 Å². The highest BCUT2D eigenvalue weighted by atomic mass is 15.3. The number of rotatable bonds is 6. The van der Waals surface area contributed by atoms with Crippen LogP contribution in [0, 0.1) is 10.8 Å². The van der Waals surface area contributed by atoms with Crippen molar-refractivity contribution in [1.82, 2.24) is 9.78 Å². The lowest BCUT2D eigenvalue weighted by molar-refractivity contribution is 0.405. The zero-order valence-electron chi connectivity index (χ0n) is 11.4. The first-order valence-electron chi connectivity index (χ1n) is 6.30. The molecule has 4 heteroatoms. The van der Waals surface area contributed by atoms with Crippen molar-refractivity contribution in [2.24, 2.45) is 11.1 Å². The lowest BCUT2D eigenvalue weighted by atomic mass is 9.88. The molecule has 17 heavy (non-hydrogen) atoms. The van der Waals surface area contributed by atoms with Gasteiger partial charge in [0.1, 0.15) is 0 Å². The molecule has 0 aliphatic carbocycles. The van der Waals surface area contributed by atoms with Gasteiger partial charge < -0.3 is 5.73 Å². The third kappa shape index (κ3) is 3.32. The first-order chi connectivity index (χ1) is 7.90. The lowest BCUT2D eigenvalue weighted by Gasteiger charge is -2.23. The Hall–Kier alpha value is -1.32. The number of nitrogens with zero attached hydrogens (tertiary/aromatic N) is 2. The number of amidine groups is 1. The molecule has 0 aromatic carbocycles. The smallest absolute Gasteiger partial charge is 0.0963 e. The highest BCUT2D eigenvalue weighted by molar-refractivity contribution is 5.82. The molecule has 0 aliphatic rings. The first kappa shape index (κ1) is 13.7. The van der Waals surface area contributed by atoms with Crippen LogP contribution in [-0.2, 0) is 19.4 Å². The third-order valence-corrected chi connectivity index (χ3v) is 3.32. The van der Waals surface area contributed by atoms with E-state index in [0.717, 1.165) is 31.5 Å². The predicted molar refractivity (Wildman–Crippen MR) is 71.3 cm³/mol. The quantitative estimate of drug-likeness (QED) is 0.588. The minimum absolute atomic E-state index is 0.247. The Kier molecular flexibility index (Phi) is 4.32. The average molecular weight is 236 g/mol. The van der Waals surface area contributed by atoms with Crippen molar-refractivity contribution >= 4 is 5.84 Å². The number of nitrogens with two attached hydrogens (primary N) is 1. The Morgan fingerprint density at radius 2 is 2.06 bits per heavy atom. The van der Waals surface area contributed by atoms with E-state index < -0.39 is 0 Å². The molecule has 96 valence electrons. The van der Waals surface area contributed by atoms with Gasteiger partial charge in [-0.25, -0.2) is 0 Å². The van der Waals surface area contributed by atoms with Crippen LogP contribution >= 0.6 is 0 Å². The minimum atomic E-state index is -0.247. The molecular weight excluding hydrogens is 212 g/mol. The summed E-state index contributed by atoms with van der Waals surface area (Å²) >= 11 is 0. The second-order valence-corrected chi connectivity index (χ2v) is 5.10. The molecule has 0 spiro atoms. The number of aromatic nitrogens is 2. The van der Waals surface area contributed by atoms with Crippen molar-refractivity contribution in [3.05, 3.63) is 17.5 Å². The monoisotopic (exact) mass is 236 g/mol. The molecule has 4 nitrogen and oxygen atoms in total. The molecule has 0 unspecified atom stereocenters. The van der Waals surface area contributed by atoms with Crippen molar-refractivity contribution < 1.29 is 0 Å². The Bertz CT molecular complexity index is 390. The normalized spacial score (nSPS) is 11.8. The summed E-state index contributed by atoms with van der Waals surface area (Å²) in [6, 6.07) is 2.17. The van der Waals surface area contributed by atoms with Crippen molar-refractivity contribution in [1.29, 1.82) is 5.41 Å². The molecule has 0 radical (unpaired) electrons. The van der Waals surface area contributed by atoms with Gasteiger partial charge in [-0.1, -0.05) is 27.7 Å². The van der Waals surface area contributed by atoms with Crippen LogP contribution in [0.1, 0.15) is 45.5 Å². The SMILES string of the molecule is CCc1cc(CC)n(CCC(C)(C)C(=N)N)n1. The van der Waals surface area contributed by atoms with Crippen molar-refractivity contribution in [3.63, 3.8) is 0 Å². The molecule has 1 aromatic rings. The van der Waals surface area contributed by atoms with Gasteiger partial charge in [0.2, 0.25) is 0 Å². The van der Waals surface area contributed by atoms with Crippen LogP contribution in [0.25, 0.3) is 0 Å². The first-order valence-corrected chi connectivity index (χ1v) is 6.30. The number of hydrogen-bond donors (Lipinski definition) is 2. The molecule has 0 fully saturated rings. The minimum Gasteiger partial charge on any atom is -0.387 e. The maximum Gasteiger partial charge on any atom is 0.0963 e. The fourth-order valence-electron chi connectivity index (χ4n) is 1.69. The largest absolute Gasteiger partial charge is 0.387 e. The predicted octanol–water partition coefficient (Wildman–Crippen LogP) is 2.36. The molecule has 1 rings (SSSR count). The molecule has 3 N–H and O–H groups in total. The zero-order valence-corrected chi connectivity index (χ0v) is 11.4. The molecule has 0 bridgehead atoms. The molecule has 1 aromatic heterocycles. The van der Waals surface area contributed by atoms with E-state index in [1.165, 1.54) is 5.69 Å². The lowest BCUT2D eigenvalue weighted by Crippen LogP contribution is -2.32. The summed E-state index contributed by atoms with van der Waals surface area (Å²) in [4.78, 5) is 0. The van der Waals surface area contributed by atoms with E-state index in [0.29, 0.717) is 0 Å². The van der Waals surface area contributed by atoms with E-state index in [9.17, 15) is 0 Å². The van der Waals surface area contributed by atoms with Gasteiger partial charge in [0.05, 0.1) is 11.5 Å². The Morgan fingerprint density at radius 3 is 2.53 bits per heavy atom. The van der Waals surface area contributed by atoms with Crippen LogP contribution in [0.4, 0.5) is 0 Å². The third-order valence-electron chi connectivity index (χ3n) is 3.32. The van der Waals surface area contributed by atoms with Gasteiger partial charge in [0, 0.05) is 17.7 Å².